The summed E-state index contributed by atoms with van der Waals surface area (Å²) in [5.74, 6) is -0.0795. The van der Waals surface area contributed by atoms with Crippen molar-refractivity contribution in [1.82, 2.24) is 0 Å². The Morgan fingerprint density at radius 3 is 2.60 bits per heavy atom. The Kier molecular flexibility index (Phi) is 5.29. The van der Waals surface area contributed by atoms with Crippen molar-refractivity contribution in [3.05, 3.63) is 46.5 Å². The van der Waals surface area contributed by atoms with Crippen LogP contribution in [0.15, 0.2) is 35.9 Å². The van der Waals surface area contributed by atoms with Crippen LogP contribution in [0.5, 0.6) is 0 Å². The molecule has 0 N–H and O–H groups in total. The molecule has 2 rings (SSSR count). The number of allylic oxidation sites excluding steroid dienone is 2. The predicted molar refractivity (Wildman–Crippen MR) is 105 cm³/mol. The molecule has 0 aliphatic carbocycles. The number of anilines is 1. The lowest BCUT2D eigenvalue weighted by Crippen LogP contribution is -2.38. The molecule has 1 amide bonds. The fourth-order valence-electron chi connectivity index (χ4n) is 2.87. The number of benzene rings is 1. The third-order valence-corrected chi connectivity index (χ3v) is 5.17. The first-order valence-corrected chi connectivity index (χ1v) is 11.9. The van der Waals surface area contributed by atoms with Gasteiger partial charge in [0.1, 0.15) is 6.07 Å². The molecular weight excluding hydrogens is 352 g/mol. The van der Waals surface area contributed by atoms with Crippen LogP contribution in [0, 0.1) is 11.3 Å². The van der Waals surface area contributed by atoms with E-state index in [1.165, 1.54) is 0 Å². The van der Waals surface area contributed by atoms with E-state index in [9.17, 15) is 10.1 Å². The summed E-state index contributed by atoms with van der Waals surface area (Å²) in [6.45, 7) is 9.72. The second-order valence-electron chi connectivity index (χ2n) is 7.35. The Hall–Kier alpha value is -1.87. The molecule has 0 spiro atoms. The lowest BCUT2D eigenvalue weighted by molar-refractivity contribution is -0.112. The van der Waals surface area contributed by atoms with Gasteiger partial charge in [-0.05, 0) is 63.3 Å². The number of halogens is 1. The van der Waals surface area contributed by atoms with E-state index in [2.05, 4.69) is 6.07 Å². The molecule has 1 heterocycles. The van der Waals surface area contributed by atoms with Gasteiger partial charge in [0.15, 0.2) is 13.9 Å². The molecule has 132 valence electrons. The van der Waals surface area contributed by atoms with Crippen molar-refractivity contribution in [2.45, 2.75) is 39.1 Å². The van der Waals surface area contributed by atoms with Crippen molar-refractivity contribution in [1.29, 1.82) is 5.26 Å². The van der Waals surface area contributed by atoms with E-state index in [1.807, 2.05) is 32.6 Å². The zero-order valence-electron chi connectivity index (χ0n) is 15.5. The molecule has 0 unspecified atom stereocenters. The number of carbonyl (C=O) groups is 1. The van der Waals surface area contributed by atoms with Crippen molar-refractivity contribution in [3.8, 4) is 6.07 Å². The number of rotatable bonds is 4. The first-order valence-electron chi connectivity index (χ1n) is 8.07. The van der Waals surface area contributed by atoms with Gasteiger partial charge in [0, 0.05) is 17.6 Å². The van der Waals surface area contributed by atoms with E-state index in [1.54, 1.807) is 43.2 Å². The molecule has 0 saturated carbocycles. The van der Waals surface area contributed by atoms with Gasteiger partial charge in [-0.15, -0.1) is 0 Å². The smallest absolute Gasteiger partial charge is 0.258 e. The number of hydrogen-bond acceptors (Lipinski definition) is 3. The van der Waals surface area contributed by atoms with Gasteiger partial charge in [0.25, 0.3) is 5.91 Å². The van der Waals surface area contributed by atoms with Crippen LogP contribution in [-0.2, 0) is 9.22 Å². The standard InChI is InChI=1S/C19H23ClN2O2Si/c1-13(9-10-19(2,12-21)24-25(4,5)6)17-15-11-14(20)7-8-16(15)22(3)18(17)23/h7-11H,1-6H3/b10-9+,17-13-/t19-/m0/s1. The molecular formula is C19H23ClN2O2Si. The Labute approximate surface area is 155 Å². The van der Waals surface area contributed by atoms with Crippen molar-refractivity contribution < 1.29 is 9.22 Å². The van der Waals surface area contributed by atoms with Crippen LogP contribution in [-0.4, -0.2) is 26.9 Å². The summed E-state index contributed by atoms with van der Waals surface area (Å²) in [6.07, 6.45) is 3.52. The van der Waals surface area contributed by atoms with E-state index in [-0.39, 0.29) is 5.91 Å². The van der Waals surface area contributed by atoms with Crippen LogP contribution in [0.2, 0.25) is 24.7 Å². The molecule has 0 fully saturated rings. The minimum absolute atomic E-state index is 0.0795. The molecule has 1 atom stereocenters. The Balaban J connectivity index is 2.46. The first kappa shape index (κ1) is 19.5. The van der Waals surface area contributed by atoms with Crippen LogP contribution in [0.1, 0.15) is 19.4 Å². The van der Waals surface area contributed by atoms with Crippen molar-refractivity contribution in [2.75, 3.05) is 11.9 Å². The van der Waals surface area contributed by atoms with E-state index in [0.717, 1.165) is 16.8 Å². The number of carbonyl (C=O) groups excluding carboxylic acids is 1. The summed E-state index contributed by atoms with van der Waals surface area (Å²) in [5, 5.41) is 10.1. The highest BCUT2D eigenvalue weighted by Gasteiger charge is 2.32. The van der Waals surface area contributed by atoms with Crippen LogP contribution in [0.3, 0.4) is 0 Å². The molecule has 1 aliphatic rings. The summed E-state index contributed by atoms with van der Waals surface area (Å²) in [5.41, 5.74) is 2.00. The van der Waals surface area contributed by atoms with Crippen LogP contribution in [0.25, 0.3) is 5.57 Å². The van der Waals surface area contributed by atoms with Gasteiger partial charge < -0.3 is 9.33 Å². The summed E-state index contributed by atoms with van der Waals surface area (Å²) >= 11 is 6.10. The van der Waals surface area contributed by atoms with Gasteiger partial charge in [0.05, 0.1) is 11.3 Å². The number of likely N-dealkylation sites (N-methyl/N-ethyl adjacent to an activating group) is 1. The molecule has 0 radical (unpaired) electrons. The normalized spacial score (nSPS) is 19.0. The number of nitriles is 1. The largest absolute Gasteiger partial charge is 0.397 e. The Bertz CT molecular complexity index is 818. The SMILES string of the molecule is CC(/C=C/[C@@](C)(C#N)O[Si](C)(C)C)=C1/C(=O)N(C)c2ccc(Cl)cc21. The van der Waals surface area contributed by atoms with Gasteiger partial charge in [-0.3, -0.25) is 4.79 Å². The maximum atomic E-state index is 12.6. The zero-order valence-corrected chi connectivity index (χ0v) is 17.2. The number of hydrogen-bond donors (Lipinski definition) is 0. The molecule has 1 aliphatic heterocycles. The highest BCUT2D eigenvalue weighted by Crippen LogP contribution is 2.39. The average Bonchev–Trinajstić information content (AvgIpc) is 2.74. The molecule has 0 aromatic heterocycles. The number of nitrogens with zero attached hydrogens (tertiary/aromatic N) is 2. The Morgan fingerprint density at radius 2 is 2.04 bits per heavy atom. The summed E-state index contributed by atoms with van der Waals surface area (Å²) < 4.78 is 5.98. The maximum absolute atomic E-state index is 12.6. The molecule has 6 heteroatoms. The minimum atomic E-state index is -1.89. The molecule has 0 bridgehead atoms. The first-order chi connectivity index (χ1) is 11.5. The lowest BCUT2D eigenvalue weighted by atomic mass is 10.00. The minimum Gasteiger partial charge on any atom is -0.397 e. The topological polar surface area (TPSA) is 53.3 Å². The van der Waals surface area contributed by atoms with Crippen molar-refractivity contribution >= 4 is 37.1 Å². The van der Waals surface area contributed by atoms with E-state index < -0.39 is 13.9 Å². The fraction of sp³-hybridized carbons (Fsp3) is 0.368. The van der Waals surface area contributed by atoms with Gasteiger partial charge in [-0.1, -0.05) is 17.7 Å². The Morgan fingerprint density at radius 1 is 1.40 bits per heavy atom. The third kappa shape index (κ3) is 4.21. The number of fused-ring (bicyclic) bond motifs is 1. The molecule has 0 saturated heterocycles. The van der Waals surface area contributed by atoms with Crippen molar-refractivity contribution in [3.63, 3.8) is 0 Å². The van der Waals surface area contributed by atoms with Gasteiger partial charge >= 0.3 is 0 Å². The van der Waals surface area contributed by atoms with E-state index in [4.69, 9.17) is 16.0 Å². The molecule has 1 aromatic rings. The molecule has 1 aromatic carbocycles. The van der Waals surface area contributed by atoms with Crippen LogP contribution >= 0.6 is 11.6 Å². The number of amides is 1. The van der Waals surface area contributed by atoms with E-state index in [0.29, 0.717) is 10.6 Å². The second kappa shape index (κ2) is 6.79. The molecule has 4 nitrogen and oxygen atoms in total. The summed E-state index contributed by atoms with van der Waals surface area (Å²) in [4.78, 5) is 14.3. The maximum Gasteiger partial charge on any atom is 0.258 e. The van der Waals surface area contributed by atoms with Crippen LogP contribution in [0.4, 0.5) is 5.69 Å². The highest BCUT2D eigenvalue weighted by molar-refractivity contribution is 6.69. The summed E-state index contributed by atoms with van der Waals surface area (Å²) in [7, 11) is -0.146. The summed E-state index contributed by atoms with van der Waals surface area (Å²) in [6, 6.07) is 7.63. The van der Waals surface area contributed by atoms with Gasteiger partial charge in [-0.2, -0.15) is 5.26 Å². The quantitative estimate of drug-likeness (QED) is 0.562. The van der Waals surface area contributed by atoms with Crippen LogP contribution < -0.4 is 4.90 Å². The highest BCUT2D eigenvalue weighted by atomic mass is 35.5. The third-order valence-electron chi connectivity index (χ3n) is 3.89. The van der Waals surface area contributed by atoms with Crippen molar-refractivity contribution in [2.24, 2.45) is 0 Å². The predicted octanol–water partition coefficient (Wildman–Crippen LogP) is 4.78. The fourth-order valence-corrected chi connectivity index (χ4v) is 4.43. The molecule has 25 heavy (non-hydrogen) atoms. The van der Waals surface area contributed by atoms with Gasteiger partial charge in [-0.25, -0.2) is 0 Å². The van der Waals surface area contributed by atoms with Gasteiger partial charge in [0.2, 0.25) is 0 Å². The van der Waals surface area contributed by atoms with E-state index >= 15 is 0 Å². The average molecular weight is 375 g/mol. The second-order valence-corrected chi connectivity index (χ2v) is 12.2. The lowest BCUT2D eigenvalue weighted by Gasteiger charge is -2.27. The zero-order chi connectivity index (χ0) is 19.0. The monoisotopic (exact) mass is 374 g/mol.